The lowest BCUT2D eigenvalue weighted by Gasteiger charge is -2.42. The average Bonchev–Trinajstić information content (AvgIpc) is 3.91. The van der Waals surface area contributed by atoms with Gasteiger partial charge < -0.3 is 19.4 Å². The molecule has 1 saturated carbocycles. The van der Waals surface area contributed by atoms with Crippen molar-refractivity contribution in [2.24, 2.45) is 4.99 Å². The van der Waals surface area contributed by atoms with Crippen molar-refractivity contribution < 1.29 is 14.3 Å². The third-order valence-electron chi connectivity index (χ3n) is 13.0. The minimum Gasteiger partial charge on any atom is -0.492 e. The second-order valence-electron chi connectivity index (χ2n) is 16.9. The van der Waals surface area contributed by atoms with Crippen LogP contribution in [0.25, 0.3) is 27.4 Å². The number of nitrogens with zero attached hydrogens (tertiary/aromatic N) is 9. The Balaban J connectivity index is 0.704. The number of amides is 1. The molecule has 2 saturated heterocycles. The van der Waals surface area contributed by atoms with Gasteiger partial charge in [0.05, 0.1) is 28.4 Å². The molecule has 0 unspecified atom stereocenters. The summed E-state index contributed by atoms with van der Waals surface area (Å²) < 4.78 is 14.2. The maximum atomic E-state index is 14.1. The van der Waals surface area contributed by atoms with Crippen LogP contribution in [0, 0.1) is 20.8 Å². The Labute approximate surface area is 375 Å². The molecule has 4 aromatic heterocycles. The molecule has 3 aliphatic heterocycles. The van der Waals surface area contributed by atoms with E-state index in [0.29, 0.717) is 45.9 Å². The Morgan fingerprint density at radius 3 is 2.35 bits per heavy atom. The molecule has 0 radical (unpaired) electrons. The normalized spacial score (nSPS) is 18.9. The number of piperazine rings is 1. The van der Waals surface area contributed by atoms with Gasteiger partial charge in [-0.2, -0.15) is 4.98 Å². The first-order valence-corrected chi connectivity index (χ1v) is 23.3. The second kappa shape index (κ2) is 17.4. The first-order valence-electron chi connectivity index (χ1n) is 21.7. The van der Waals surface area contributed by atoms with Crippen LogP contribution in [0.4, 0.5) is 0 Å². The number of halogens is 2. The highest BCUT2D eigenvalue weighted by Gasteiger charge is 2.35. The number of thiophene rings is 1. The number of H-pyrrole nitrogens is 1. The number of carbonyl (C=O) groups is 1. The second-order valence-corrected chi connectivity index (χ2v) is 18.9. The number of aromatic amines is 1. The summed E-state index contributed by atoms with van der Waals surface area (Å²) >= 11 is 14.7. The number of fused-ring (bicyclic) bond motifs is 4. The molecule has 322 valence electrons. The van der Waals surface area contributed by atoms with Gasteiger partial charge in [0, 0.05) is 78.4 Å². The minimum atomic E-state index is -0.464. The molecule has 62 heavy (non-hydrogen) atoms. The van der Waals surface area contributed by atoms with Gasteiger partial charge in [-0.05, 0) is 101 Å². The zero-order chi connectivity index (χ0) is 42.5. The molecule has 13 nitrogen and oxygen atoms in total. The fourth-order valence-electron chi connectivity index (χ4n) is 9.06. The summed E-state index contributed by atoms with van der Waals surface area (Å²) in [6.07, 6.45) is 5.72. The molecule has 0 spiro atoms. The maximum absolute atomic E-state index is 14.1. The van der Waals surface area contributed by atoms with Crippen molar-refractivity contribution in [1.82, 2.24) is 44.4 Å². The van der Waals surface area contributed by atoms with Crippen molar-refractivity contribution in [3.8, 4) is 28.0 Å². The van der Waals surface area contributed by atoms with Crippen molar-refractivity contribution in [1.29, 1.82) is 0 Å². The van der Waals surface area contributed by atoms with Crippen LogP contribution in [0.3, 0.4) is 0 Å². The summed E-state index contributed by atoms with van der Waals surface area (Å²) in [6.45, 7) is 13.2. The minimum absolute atomic E-state index is 0.108. The molecular weight excluding hydrogens is 844 g/mol. The number of hydrogen-bond donors (Lipinski definition) is 1. The van der Waals surface area contributed by atoms with Crippen LogP contribution in [0.1, 0.15) is 77.8 Å². The summed E-state index contributed by atoms with van der Waals surface area (Å²) in [4.78, 5) is 40.2. The molecule has 2 aromatic carbocycles. The first-order chi connectivity index (χ1) is 30.1. The van der Waals surface area contributed by atoms with E-state index in [9.17, 15) is 4.79 Å². The molecule has 1 N–H and O–H groups in total. The van der Waals surface area contributed by atoms with Crippen molar-refractivity contribution in [2.75, 3.05) is 52.4 Å². The number of hydrogen-bond acceptors (Lipinski definition) is 11. The maximum Gasteiger partial charge on any atom is 0.296 e. The summed E-state index contributed by atoms with van der Waals surface area (Å²) in [5, 5.41) is 11.4. The number of imidazole rings is 1. The van der Waals surface area contributed by atoms with Gasteiger partial charge in [-0.1, -0.05) is 35.3 Å². The largest absolute Gasteiger partial charge is 0.492 e. The van der Waals surface area contributed by atoms with Crippen LogP contribution in [0.5, 0.6) is 11.8 Å². The van der Waals surface area contributed by atoms with Crippen molar-refractivity contribution >= 4 is 57.3 Å². The third-order valence-corrected chi connectivity index (χ3v) is 14.7. The van der Waals surface area contributed by atoms with Gasteiger partial charge in [0.1, 0.15) is 35.3 Å². The van der Waals surface area contributed by atoms with Crippen LogP contribution in [-0.2, 0) is 4.79 Å². The number of carbonyl (C=O) groups excluding carboxylic acids is 1. The Morgan fingerprint density at radius 1 is 0.887 bits per heavy atom. The van der Waals surface area contributed by atoms with E-state index in [-0.39, 0.29) is 18.4 Å². The Kier molecular flexibility index (Phi) is 11.5. The van der Waals surface area contributed by atoms with E-state index in [2.05, 4.69) is 48.4 Å². The molecule has 1 amide bonds. The number of piperidine rings is 1. The van der Waals surface area contributed by atoms with Crippen molar-refractivity contribution in [3.63, 3.8) is 0 Å². The van der Waals surface area contributed by atoms with Gasteiger partial charge in [0.2, 0.25) is 5.91 Å². The summed E-state index contributed by atoms with van der Waals surface area (Å²) in [7, 11) is 0. The fourth-order valence-corrected chi connectivity index (χ4v) is 10.7. The van der Waals surface area contributed by atoms with Gasteiger partial charge in [0.15, 0.2) is 11.5 Å². The molecule has 4 aliphatic rings. The van der Waals surface area contributed by atoms with E-state index in [1.165, 1.54) is 16.9 Å². The number of nitrogens with one attached hydrogen (secondary N) is 1. The van der Waals surface area contributed by atoms with E-state index in [0.717, 1.165) is 116 Å². The van der Waals surface area contributed by atoms with E-state index >= 15 is 0 Å². The van der Waals surface area contributed by atoms with Gasteiger partial charge in [-0.15, -0.1) is 21.5 Å². The van der Waals surface area contributed by atoms with E-state index in [1.807, 2.05) is 66.4 Å². The number of aryl methyl sites for hydroxylation is 2. The predicted molar refractivity (Wildman–Crippen MR) is 244 cm³/mol. The number of benzene rings is 2. The average molecular weight is 894 g/mol. The zero-order valence-corrected chi connectivity index (χ0v) is 37.6. The van der Waals surface area contributed by atoms with Crippen LogP contribution in [0.15, 0.2) is 59.6 Å². The van der Waals surface area contributed by atoms with E-state index in [4.69, 9.17) is 42.7 Å². The van der Waals surface area contributed by atoms with E-state index < -0.39 is 6.04 Å². The lowest BCUT2D eigenvalue weighted by atomic mass is 9.96. The van der Waals surface area contributed by atoms with Crippen LogP contribution < -0.4 is 9.47 Å². The molecule has 16 heteroatoms. The van der Waals surface area contributed by atoms with Crippen LogP contribution >= 0.6 is 34.5 Å². The molecule has 0 bridgehead atoms. The van der Waals surface area contributed by atoms with Crippen molar-refractivity contribution in [2.45, 2.75) is 77.5 Å². The molecule has 1 atom stereocenters. The predicted octanol–water partition coefficient (Wildman–Crippen LogP) is 8.40. The topological polar surface area (TPSA) is 130 Å². The highest BCUT2D eigenvalue weighted by Crippen LogP contribution is 2.40. The highest BCUT2D eigenvalue weighted by atomic mass is 35.5. The third kappa shape index (κ3) is 8.23. The zero-order valence-electron chi connectivity index (χ0n) is 35.2. The number of likely N-dealkylation sites (tertiary alicyclic amines) is 1. The summed E-state index contributed by atoms with van der Waals surface area (Å²) in [6, 6.07) is 18.1. The van der Waals surface area contributed by atoms with Gasteiger partial charge in [-0.3, -0.25) is 24.2 Å². The quantitative estimate of drug-likeness (QED) is 0.136. The van der Waals surface area contributed by atoms with Crippen molar-refractivity contribution in [3.05, 3.63) is 97.9 Å². The Bertz CT molecular complexity index is 2620. The number of aliphatic imine (C=N–C) groups is 1. The molecule has 7 heterocycles. The van der Waals surface area contributed by atoms with Gasteiger partial charge >= 0.3 is 0 Å². The first kappa shape index (κ1) is 41.2. The van der Waals surface area contributed by atoms with E-state index in [1.54, 1.807) is 11.3 Å². The standard InChI is InChI=1S/C46H50Cl2N10O3S/c1-27-28(2)62-45-40(27)42(31-7-11-32(47)12-8-31)49-38(44-54-53-29(3)58(44)45)26-39(59)57-17-15-33(16-18-57)56-21-19-55(20-22-56)23-24-60-34-13-9-30(10-14-34)41-36(48)25-37-43(51-41)52-46(50-37)61-35-5-4-6-35/h7-14,25,33,35,38H,4-6,15-24,26H2,1-3H3,(H,50,51,52)/t38-/m0/s1. The van der Waals surface area contributed by atoms with Crippen LogP contribution in [0.2, 0.25) is 10.0 Å². The summed E-state index contributed by atoms with van der Waals surface area (Å²) in [5.41, 5.74) is 7.02. The Morgan fingerprint density at radius 2 is 1.63 bits per heavy atom. The van der Waals surface area contributed by atoms with Gasteiger partial charge in [0.25, 0.3) is 6.01 Å². The number of pyridine rings is 1. The number of aromatic nitrogens is 6. The number of rotatable bonds is 11. The molecule has 10 rings (SSSR count). The van der Waals surface area contributed by atoms with Gasteiger partial charge in [-0.25, -0.2) is 4.98 Å². The van der Waals surface area contributed by atoms with Crippen LogP contribution in [-0.4, -0.2) is 121 Å². The lowest BCUT2D eigenvalue weighted by molar-refractivity contribution is -0.133. The smallest absolute Gasteiger partial charge is 0.296 e. The fraction of sp³-hybridized carbons (Fsp3) is 0.435. The summed E-state index contributed by atoms with van der Waals surface area (Å²) in [5.74, 6) is 2.43. The highest BCUT2D eigenvalue weighted by molar-refractivity contribution is 7.15. The Hall–Kier alpha value is -4.86. The number of ether oxygens (including phenoxy) is 2. The monoisotopic (exact) mass is 892 g/mol. The molecule has 3 fully saturated rings. The lowest BCUT2D eigenvalue weighted by Crippen LogP contribution is -2.54. The SMILES string of the molecule is Cc1sc2c(c1C)C(c1ccc(Cl)cc1)=N[C@@H](CC(=O)N1CCC(N3CCN(CCOc4ccc(-c5nc6nc(OC7CCC7)[nH]c6cc5Cl)cc4)CC3)CC1)c1nnc(C)n1-2. The molecular formula is C46H50Cl2N10O3S. The molecule has 1 aliphatic carbocycles. The molecule has 6 aromatic rings.